The molecular weight excluding hydrogens is 228 g/mol. The minimum atomic E-state index is 0.0637. The van der Waals surface area contributed by atoms with Crippen molar-refractivity contribution in [2.45, 2.75) is 65.1 Å². The van der Waals surface area contributed by atoms with Crippen LogP contribution in [0.25, 0.3) is 0 Å². The fourth-order valence-corrected chi connectivity index (χ4v) is 2.29. The molecule has 0 saturated carbocycles. The van der Waals surface area contributed by atoms with Gasteiger partial charge in [-0.3, -0.25) is 0 Å². The standard InChI is InChI=1S/C13H24N4O/c1-5-10-7-6-8-17(10)12-16-15-11(18-12)9-14-13(2,3)4/h10,14H,5-9H2,1-4H3. The third kappa shape index (κ3) is 3.22. The molecule has 2 rings (SSSR count). The number of hydrogen-bond acceptors (Lipinski definition) is 5. The maximum atomic E-state index is 5.74. The Labute approximate surface area is 109 Å². The Kier molecular flexibility index (Phi) is 3.90. The van der Waals surface area contributed by atoms with E-state index in [1.54, 1.807) is 0 Å². The molecule has 1 aromatic heterocycles. The Balaban J connectivity index is 1.97. The van der Waals surface area contributed by atoms with E-state index in [-0.39, 0.29) is 5.54 Å². The summed E-state index contributed by atoms with van der Waals surface area (Å²) in [6.45, 7) is 10.2. The zero-order valence-electron chi connectivity index (χ0n) is 11.9. The quantitative estimate of drug-likeness (QED) is 0.891. The molecule has 0 amide bonds. The van der Waals surface area contributed by atoms with Gasteiger partial charge >= 0.3 is 6.01 Å². The van der Waals surface area contributed by atoms with Crippen molar-refractivity contribution in [3.8, 4) is 0 Å². The van der Waals surface area contributed by atoms with Gasteiger partial charge in [0.25, 0.3) is 0 Å². The number of anilines is 1. The van der Waals surface area contributed by atoms with Crippen LogP contribution in [-0.4, -0.2) is 28.3 Å². The van der Waals surface area contributed by atoms with Crippen LogP contribution >= 0.6 is 0 Å². The maximum absolute atomic E-state index is 5.74. The SMILES string of the molecule is CCC1CCCN1c1nnc(CNC(C)(C)C)o1. The predicted octanol–water partition coefficient (Wildman–Crippen LogP) is 2.34. The third-order valence-corrected chi connectivity index (χ3v) is 3.32. The van der Waals surface area contributed by atoms with Gasteiger partial charge in [-0.1, -0.05) is 12.0 Å². The number of hydrogen-bond donors (Lipinski definition) is 1. The minimum Gasteiger partial charge on any atom is -0.407 e. The molecule has 0 radical (unpaired) electrons. The van der Waals surface area contributed by atoms with Crippen LogP contribution in [0.2, 0.25) is 0 Å². The van der Waals surface area contributed by atoms with E-state index in [0.717, 1.165) is 13.0 Å². The monoisotopic (exact) mass is 252 g/mol. The van der Waals surface area contributed by atoms with E-state index in [0.29, 0.717) is 24.5 Å². The second-order valence-electron chi connectivity index (χ2n) is 5.98. The molecule has 1 unspecified atom stereocenters. The minimum absolute atomic E-state index is 0.0637. The van der Waals surface area contributed by atoms with Gasteiger partial charge in [-0.15, -0.1) is 5.10 Å². The van der Waals surface area contributed by atoms with Crippen molar-refractivity contribution in [2.75, 3.05) is 11.4 Å². The van der Waals surface area contributed by atoms with Gasteiger partial charge in [0.1, 0.15) is 0 Å². The van der Waals surface area contributed by atoms with Gasteiger partial charge in [-0.25, -0.2) is 0 Å². The summed E-state index contributed by atoms with van der Waals surface area (Å²) in [5, 5.41) is 11.6. The van der Waals surface area contributed by atoms with Crippen LogP contribution < -0.4 is 10.2 Å². The Hall–Kier alpha value is -1.10. The molecule has 5 nitrogen and oxygen atoms in total. The smallest absolute Gasteiger partial charge is 0.318 e. The lowest BCUT2D eigenvalue weighted by Crippen LogP contribution is -2.35. The summed E-state index contributed by atoms with van der Waals surface area (Å²) in [7, 11) is 0. The fourth-order valence-electron chi connectivity index (χ4n) is 2.29. The Bertz CT molecular complexity index is 383. The van der Waals surface area contributed by atoms with Crippen LogP contribution in [-0.2, 0) is 6.54 Å². The van der Waals surface area contributed by atoms with Gasteiger partial charge in [-0.05, 0) is 40.0 Å². The maximum Gasteiger partial charge on any atom is 0.318 e. The first-order chi connectivity index (χ1) is 8.49. The number of rotatable bonds is 4. The average Bonchev–Trinajstić information content (AvgIpc) is 2.93. The molecule has 1 N–H and O–H groups in total. The average molecular weight is 252 g/mol. The number of nitrogens with zero attached hydrogens (tertiary/aromatic N) is 3. The Morgan fingerprint density at radius 1 is 1.39 bits per heavy atom. The van der Waals surface area contributed by atoms with E-state index in [9.17, 15) is 0 Å². The summed E-state index contributed by atoms with van der Waals surface area (Å²) >= 11 is 0. The molecule has 1 fully saturated rings. The summed E-state index contributed by atoms with van der Waals surface area (Å²) < 4.78 is 5.74. The number of nitrogens with one attached hydrogen (secondary N) is 1. The highest BCUT2D eigenvalue weighted by Crippen LogP contribution is 2.25. The van der Waals surface area contributed by atoms with Crippen LogP contribution in [0.5, 0.6) is 0 Å². The van der Waals surface area contributed by atoms with Gasteiger partial charge in [0.15, 0.2) is 0 Å². The second-order valence-corrected chi connectivity index (χ2v) is 5.98. The van der Waals surface area contributed by atoms with Crippen molar-refractivity contribution in [2.24, 2.45) is 0 Å². The molecule has 18 heavy (non-hydrogen) atoms. The molecular formula is C13H24N4O. The fraction of sp³-hybridized carbons (Fsp3) is 0.846. The predicted molar refractivity (Wildman–Crippen MR) is 71.5 cm³/mol. The third-order valence-electron chi connectivity index (χ3n) is 3.32. The molecule has 0 aromatic carbocycles. The summed E-state index contributed by atoms with van der Waals surface area (Å²) in [6, 6.07) is 1.25. The van der Waals surface area contributed by atoms with Crippen molar-refractivity contribution in [1.82, 2.24) is 15.5 Å². The van der Waals surface area contributed by atoms with Crippen molar-refractivity contribution in [3.05, 3.63) is 5.89 Å². The molecule has 1 atom stereocenters. The first kappa shape index (κ1) is 13.3. The highest BCUT2D eigenvalue weighted by atomic mass is 16.4. The summed E-state index contributed by atoms with van der Waals surface area (Å²) in [5.74, 6) is 0.668. The molecule has 0 aliphatic carbocycles. The zero-order chi connectivity index (χ0) is 13.2. The molecule has 5 heteroatoms. The summed E-state index contributed by atoms with van der Waals surface area (Å²) in [6.07, 6.45) is 3.59. The van der Waals surface area contributed by atoms with Crippen LogP contribution in [0.1, 0.15) is 52.8 Å². The highest BCUT2D eigenvalue weighted by molar-refractivity contribution is 5.28. The lowest BCUT2D eigenvalue weighted by Gasteiger charge is -2.21. The van der Waals surface area contributed by atoms with Crippen molar-refractivity contribution in [3.63, 3.8) is 0 Å². The first-order valence-corrected chi connectivity index (χ1v) is 6.83. The van der Waals surface area contributed by atoms with Crippen LogP contribution in [0.3, 0.4) is 0 Å². The molecule has 102 valence electrons. The largest absolute Gasteiger partial charge is 0.407 e. The lowest BCUT2D eigenvalue weighted by atomic mass is 10.1. The van der Waals surface area contributed by atoms with Gasteiger partial charge in [-0.2, -0.15) is 0 Å². The van der Waals surface area contributed by atoms with Gasteiger partial charge in [0.05, 0.1) is 6.54 Å². The van der Waals surface area contributed by atoms with Crippen molar-refractivity contribution >= 4 is 6.01 Å². The van der Waals surface area contributed by atoms with Crippen molar-refractivity contribution in [1.29, 1.82) is 0 Å². The van der Waals surface area contributed by atoms with E-state index in [4.69, 9.17) is 4.42 Å². The second kappa shape index (κ2) is 5.26. The van der Waals surface area contributed by atoms with E-state index in [1.165, 1.54) is 12.8 Å². The molecule has 0 spiro atoms. The molecule has 0 bridgehead atoms. The van der Waals surface area contributed by atoms with Crippen LogP contribution in [0, 0.1) is 0 Å². The normalized spacial score (nSPS) is 20.7. The summed E-state index contributed by atoms with van der Waals surface area (Å²) in [4.78, 5) is 2.24. The first-order valence-electron chi connectivity index (χ1n) is 6.83. The van der Waals surface area contributed by atoms with Gasteiger partial charge in [0, 0.05) is 18.1 Å². The Morgan fingerprint density at radius 2 is 2.17 bits per heavy atom. The van der Waals surface area contributed by atoms with Crippen LogP contribution in [0.4, 0.5) is 6.01 Å². The Morgan fingerprint density at radius 3 is 2.83 bits per heavy atom. The number of aromatic nitrogens is 2. The summed E-state index contributed by atoms with van der Waals surface area (Å²) in [5.41, 5.74) is 0.0637. The topological polar surface area (TPSA) is 54.2 Å². The molecule has 2 heterocycles. The van der Waals surface area contributed by atoms with E-state index < -0.39 is 0 Å². The van der Waals surface area contributed by atoms with Gasteiger partial charge in [0.2, 0.25) is 5.89 Å². The van der Waals surface area contributed by atoms with E-state index in [1.807, 2.05) is 0 Å². The van der Waals surface area contributed by atoms with E-state index >= 15 is 0 Å². The van der Waals surface area contributed by atoms with E-state index in [2.05, 4.69) is 48.1 Å². The van der Waals surface area contributed by atoms with Gasteiger partial charge < -0.3 is 14.6 Å². The molecule has 1 aliphatic heterocycles. The van der Waals surface area contributed by atoms with Crippen molar-refractivity contribution < 1.29 is 4.42 Å². The zero-order valence-corrected chi connectivity index (χ0v) is 11.9. The highest BCUT2D eigenvalue weighted by Gasteiger charge is 2.27. The molecule has 1 saturated heterocycles. The lowest BCUT2D eigenvalue weighted by molar-refractivity contribution is 0.379. The van der Waals surface area contributed by atoms with Crippen LogP contribution in [0.15, 0.2) is 4.42 Å². The molecule has 1 aliphatic rings. The molecule has 1 aromatic rings.